The lowest BCUT2D eigenvalue weighted by Crippen LogP contribution is -2.65. The van der Waals surface area contributed by atoms with E-state index in [9.17, 15) is 4.79 Å². The topological polar surface area (TPSA) is 45.7 Å². The molecule has 29 heavy (non-hydrogen) atoms. The number of carbonyl (C=O) groups excluding carboxylic acids is 1. The van der Waals surface area contributed by atoms with E-state index in [1.54, 1.807) is 18.4 Å². The summed E-state index contributed by atoms with van der Waals surface area (Å²) in [6.07, 6.45) is 6.98. The van der Waals surface area contributed by atoms with E-state index in [2.05, 4.69) is 38.4 Å². The lowest BCUT2D eigenvalue weighted by atomic mass is 9.71. The molecule has 1 aromatic heterocycles. The van der Waals surface area contributed by atoms with Crippen LogP contribution in [-0.4, -0.2) is 53.0 Å². The van der Waals surface area contributed by atoms with Crippen LogP contribution in [0.3, 0.4) is 0 Å². The molecule has 3 aliphatic rings. The molecule has 0 spiro atoms. The number of nitrogens with zero attached hydrogens (tertiary/aromatic N) is 3. The highest BCUT2D eigenvalue weighted by molar-refractivity contribution is 7.09. The number of hydrogen-bond acceptors (Lipinski definition) is 5. The molecule has 1 amide bonds. The molecule has 5 rings (SSSR count). The fourth-order valence-electron chi connectivity index (χ4n) is 5.83. The summed E-state index contributed by atoms with van der Waals surface area (Å²) in [5.41, 5.74) is 1.27. The minimum atomic E-state index is 0.287. The van der Waals surface area contributed by atoms with Gasteiger partial charge < -0.3 is 9.64 Å². The second-order valence-corrected chi connectivity index (χ2v) is 9.74. The van der Waals surface area contributed by atoms with E-state index in [1.807, 2.05) is 12.3 Å². The van der Waals surface area contributed by atoms with Gasteiger partial charge in [0, 0.05) is 43.2 Å². The average molecular weight is 412 g/mol. The summed E-state index contributed by atoms with van der Waals surface area (Å²) in [7, 11) is 1.71. The van der Waals surface area contributed by atoms with Crippen molar-refractivity contribution >= 4 is 17.2 Å². The van der Waals surface area contributed by atoms with Gasteiger partial charge in [0.2, 0.25) is 5.91 Å². The molecular formula is C23H29N3O2S. The number of benzene rings is 1. The minimum absolute atomic E-state index is 0.287. The SMILES string of the molecule is COc1cccc(C[C@H]2[C@H]3C[C@H](CN(Cc4nccs4)C3)[C@@H]3CCCC(=O)N32)c1. The number of fused-ring (bicyclic) bond motifs is 4. The van der Waals surface area contributed by atoms with Crippen LogP contribution in [-0.2, 0) is 17.8 Å². The molecule has 0 radical (unpaired) electrons. The summed E-state index contributed by atoms with van der Waals surface area (Å²) in [4.78, 5) is 22.4. The Bertz CT molecular complexity index is 856. The Morgan fingerprint density at radius 3 is 3.00 bits per heavy atom. The number of thiazole rings is 1. The van der Waals surface area contributed by atoms with Crippen LogP contribution in [0.5, 0.6) is 5.75 Å². The van der Waals surface area contributed by atoms with Gasteiger partial charge in [-0.15, -0.1) is 11.3 Å². The molecule has 0 N–H and O–H groups in total. The van der Waals surface area contributed by atoms with Crippen LogP contribution in [0.15, 0.2) is 35.8 Å². The van der Waals surface area contributed by atoms with Gasteiger partial charge in [-0.05, 0) is 55.2 Å². The van der Waals surface area contributed by atoms with Crippen molar-refractivity contribution in [3.05, 3.63) is 46.4 Å². The number of ether oxygens (including phenoxy) is 1. The first-order valence-electron chi connectivity index (χ1n) is 10.8. The fraction of sp³-hybridized carbons (Fsp3) is 0.565. The van der Waals surface area contributed by atoms with E-state index in [0.717, 1.165) is 44.6 Å². The van der Waals surface area contributed by atoms with Crippen molar-refractivity contribution < 1.29 is 9.53 Å². The zero-order chi connectivity index (χ0) is 19.8. The van der Waals surface area contributed by atoms with Crippen LogP contribution in [0, 0.1) is 11.8 Å². The van der Waals surface area contributed by atoms with E-state index >= 15 is 0 Å². The van der Waals surface area contributed by atoms with Gasteiger partial charge in [-0.3, -0.25) is 9.69 Å². The normalized spacial score (nSPS) is 29.6. The number of methoxy groups -OCH3 is 1. The molecule has 0 aliphatic carbocycles. The summed E-state index contributed by atoms with van der Waals surface area (Å²) >= 11 is 1.74. The first-order chi connectivity index (χ1) is 14.2. The largest absolute Gasteiger partial charge is 0.497 e. The second kappa shape index (κ2) is 8.07. The van der Waals surface area contributed by atoms with Gasteiger partial charge in [-0.25, -0.2) is 4.98 Å². The number of carbonyl (C=O) groups is 1. The predicted molar refractivity (Wildman–Crippen MR) is 114 cm³/mol. The Morgan fingerprint density at radius 2 is 2.17 bits per heavy atom. The molecule has 6 heteroatoms. The fourth-order valence-corrected chi connectivity index (χ4v) is 6.48. The van der Waals surface area contributed by atoms with Gasteiger partial charge in [0.1, 0.15) is 10.8 Å². The molecular weight excluding hydrogens is 382 g/mol. The van der Waals surface area contributed by atoms with Gasteiger partial charge in [0.25, 0.3) is 0 Å². The number of amides is 1. The standard InChI is InChI=1S/C23H29N3O2S/c1-28-19-5-2-4-16(10-19)11-21-18-12-17(20-6-3-7-23(27)26(20)21)13-25(14-18)15-22-24-8-9-29-22/h2,4-5,8-10,17-18,20-21H,3,6-7,11-15H2,1H3/t17-,18+,20+,21+/m1/s1. The molecule has 4 atom stereocenters. The van der Waals surface area contributed by atoms with Crippen LogP contribution < -0.4 is 4.74 Å². The van der Waals surface area contributed by atoms with E-state index < -0.39 is 0 Å². The Hall–Kier alpha value is -1.92. The van der Waals surface area contributed by atoms with Crippen molar-refractivity contribution in [1.29, 1.82) is 0 Å². The molecule has 0 saturated carbocycles. The van der Waals surface area contributed by atoms with Crippen LogP contribution in [0.2, 0.25) is 0 Å². The molecule has 3 fully saturated rings. The lowest BCUT2D eigenvalue weighted by Gasteiger charge is -2.56. The number of hydrogen-bond donors (Lipinski definition) is 0. The van der Waals surface area contributed by atoms with E-state index in [4.69, 9.17) is 4.74 Å². The van der Waals surface area contributed by atoms with E-state index in [0.29, 0.717) is 30.2 Å². The molecule has 4 heterocycles. The molecule has 2 aromatic rings. The maximum Gasteiger partial charge on any atom is 0.223 e. The van der Waals surface area contributed by atoms with Gasteiger partial charge in [0.05, 0.1) is 13.7 Å². The Balaban J connectivity index is 1.41. The van der Waals surface area contributed by atoms with Crippen molar-refractivity contribution in [3.8, 4) is 5.75 Å². The predicted octanol–water partition coefficient (Wildman–Crippen LogP) is 3.60. The molecule has 3 aliphatic heterocycles. The van der Waals surface area contributed by atoms with Crippen molar-refractivity contribution in [2.45, 2.75) is 50.7 Å². The summed E-state index contributed by atoms with van der Waals surface area (Å²) < 4.78 is 5.43. The van der Waals surface area contributed by atoms with Crippen molar-refractivity contribution in [2.24, 2.45) is 11.8 Å². The first-order valence-corrected chi connectivity index (χ1v) is 11.6. The van der Waals surface area contributed by atoms with E-state index in [1.165, 1.54) is 17.0 Å². The first kappa shape index (κ1) is 19.1. The quantitative estimate of drug-likeness (QED) is 0.754. The van der Waals surface area contributed by atoms with E-state index in [-0.39, 0.29) is 6.04 Å². The molecule has 0 unspecified atom stereocenters. The zero-order valence-electron chi connectivity index (χ0n) is 17.0. The Labute approximate surface area is 176 Å². The highest BCUT2D eigenvalue weighted by Gasteiger charge is 2.49. The Morgan fingerprint density at radius 1 is 1.28 bits per heavy atom. The number of aromatic nitrogens is 1. The Kier molecular flexibility index (Phi) is 5.31. The molecule has 1 aromatic carbocycles. The highest BCUT2D eigenvalue weighted by atomic mass is 32.1. The van der Waals surface area contributed by atoms with Crippen LogP contribution in [0.1, 0.15) is 36.3 Å². The summed E-state index contributed by atoms with van der Waals surface area (Å²) in [6.45, 7) is 3.09. The van der Waals surface area contributed by atoms with Gasteiger partial charge in [0.15, 0.2) is 0 Å². The van der Waals surface area contributed by atoms with Crippen LogP contribution in [0.25, 0.3) is 0 Å². The summed E-state index contributed by atoms with van der Waals surface area (Å²) in [6, 6.07) is 9.05. The number of likely N-dealkylation sites (tertiary alicyclic amines) is 1. The molecule has 2 bridgehead atoms. The van der Waals surface area contributed by atoms with Crippen molar-refractivity contribution in [1.82, 2.24) is 14.8 Å². The number of piperidine rings is 3. The van der Waals surface area contributed by atoms with Crippen molar-refractivity contribution in [3.63, 3.8) is 0 Å². The third-order valence-electron chi connectivity index (χ3n) is 6.99. The third-order valence-corrected chi connectivity index (χ3v) is 7.76. The highest BCUT2D eigenvalue weighted by Crippen LogP contribution is 2.43. The summed E-state index contributed by atoms with van der Waals surface area (Å²) in [5.74, 6) is 2.39. The summed E-state index contributed by atoms with van der Waals surface area (Å²) in [5, 5.41) is 3.26. The van der Waals surface area contributed by atoms with Gasteiger partial charge in [-0.1, -0.05) is 12.1 Å². The second-order valence-electron chi connectivity index (χ2n) is 8.76. The van der Waals surface area contributed by atoms with Gasteiger partial charge in [-0.2, -0.15) is 0 Å². The smallest absolute Gasteiger partial charge is 0.223 e. The maximum absolute atomic E-state index is 13.0. The van der Waals surface area contributed by atoms with Crippen LogP contribution in [0.4, 0.5) is 0 Å². The zero-order valence-corrected chi connectivity index (χ0v) is 17.8. The maximum atomic E-state index is 13.0. The molecule has 5 nitrogen and oxygen atoms in total. The van der Waals surface area contributed by atoms with Crippen LogP contribution >= 0.6 is 11.3 Å². The molecule has 154 valence electrons. The number of rotatable bonds is 5. The monoisotopic (exact) mass is 411 g/mol. The third kappa shape index (κ3) is 3.80. The van der Waals surface area contributed by atoms with Gasteiger partial charge >= 0.3 is 0 Å². The average Bonchev–Trinajstić information content (AvgIpc) is 3.24. The lowest BCUT2D eigenvalue weighted by molar-refractivity contribution is -0.152. The molecule has 3 saturated heterocycles. The van der Waals surface area contributed by atoms with Crippen molar-refractivity contribution in [2.75, 3.05) is 20.2 Å². The minimum Gasteiger partial charge on any atom is -0.497 e.